The van der Waals surface area contributed by atoms with E-state index in [2.05, 4.69) is 5.32 Å². The molecule has 7 nitrogen and oxygen atoms in total. The summed E-state index contributed by atoms with van der Waals surface area (Å²) in [4.78, 5) is 27.5. The minimum atomic E-state index is -0.175. The largest absolute Gasteiger partial charge is 0.493 e. The van der Waals surface area contributed by atoms with Crippen LogP contribution in [0.25, 0.3) is 10.8 Å². The fourth-order valence-corrected chi connectivity index (χ4v) is 3.28. The molecule has 0 fully saturated rings. The van der Waals surface area contributed by atoms with Gasteiger partial charge in [0.15, 0.2) is 11.5 Å². The Morgan fingerprint density at radius 1 is 1.03 bits per heavy atom. The number of carbonyl (C=O) groups excluding carboxylic acids is 1. The van der Waals surface area contributed by atoms with E-state index in [1.165, 1.54) is 0 Å². The second kappa shape index (κ2) is 9.45. The lowest BCUT2D eigenvalue weighted by Crippen LogP contribution is -2.26. The highest BCUT2D eigenvalue weighted by molar-refractivity contribution is 6.02. The van der Waals surface area contributed by atoms with Gasteiger partial charge in [-0.3, -0.25) is 9.59 Å². The highest BCUT2D eigenvalue weighted by Crippen LogP contribution is 2.28. The number of hydrogen-bond donors (Lipinski definition) is 1. The van der Waals surface area contributed by atoms with Gasteiger partial charge in [0.1, 0.15) is 0 Å². The maximum Gasteiger partial charge on any atom is 0.258 e. The molecule has 3 aromatic rings. The minimum Gasteiger partial charge on any atom is -0.493 e. The first-order chi connectivity index (χ1) is 14.4. The van der Waals surface area contributed by atoms with Crippen LogP contribution >= 0.6 is 0 Å². The van der Waals surface area contributed by atoms with Crippen molar-refractivity contribution in [3.05, 3.63) is 64.6 Å². The second-order valence-corrected chi connectivity index (χ2v) is 7.30. The molecule has 1 aromatic heterocycles. The summed E-state index contributed by atoms with van der Waals surface area (Å²) in [5.74, 6) is 1.01. The number of aromatic nitrogens is 1. The number of benzene rings is 2. The van der Waals surface area contributed by atoms with E-state index in [1.54, 1.807) is 55.3 Å². The number of nitrogens with zero attached hydrogens (tertiary/aromatic N) is 2. The number of pyridine rings is 1. The first kappa shape index (κ1) is 21.4. The molecule has 0 saturated heterocycles. The number of ether oxygens (including phenoxy) is 2. The molecule has 1 heterocycles. The quantitative estimate of drug-likeness (QED) is 0.619. The van der Waals surface area contributed by atoms with Gasteiger partial charge in [-0.25, -0.2) is 0 Å². The molecule has 30 heavy (non-hydrogen) atoms. The van der Waals surface area contributed by atoms with Crippen LogP contribution in [0.2, 0.25) is 0 Å². The Morgan fingerprint density at radius 3 is 2.50 bits per heavy atom. The average Bonchev–Trinajstić information content (AvgIpc) is 2.73. The Kier molecular flexibility index (Phi) is 6.74. The molecule has 3 rings (SSSR count). The fraction of sp³-hybridized carbons (Fsp3) is 0.304. The van der Waals surface area contributed by atoms with Gasteiger partial charge in [-0.2, -0.15) is 0 Å². The van der Waals surface area contributed by atoms with Gasteiger partial charge in [0.05, 0.1) is 20.6 Å². The van der Waals surface area contributed by atoms with Crippen molar-refractivity contribution < 1.29 is 14.3 Å². The lowest BCUT2D eigenvalue weighted by atomic mass is 10.1. The van der Waals surface area contributed by atoms with Gasteiger partial charge in [0.2, 0.25) is 5.91 Å². The van der Waals surface area contributed by atoms with Crippen molar-refractivity contribution >= 4 is 22.4 Å². The van der Waals surface area contributed by atoms with Gasteiger partial charge in [-0.1, -0.05) is 12.1 Å². The molecule has 0 aliphatic rings. The summed E-state index contributed by atoms with van der Waals surface area (Å²) in [5, 5.41) is 4.24. The molecule has 158 valence electrons. The Balaban J connectivity index is 1.81. The van der Waals surface area contributed by atoms with E-state index in [-0.39, 0.29) is 17.9 Å². The Morgan fingerprint density at radius 2 is 1.80 bits per heavy atom. The van der Waals surface area contributed by atoms with Crippen LogP contribution in [-0.2, 0) is 17.8 Å². The van der Waals surface area contributed by atoms with E-state index in [4.69, 9.17) is 9.47 Å². The van der Waals surface area contributed by atoms with E-state index >= 15 is 0 Å². The first-order valence-electron chi connectivity index (χ1n) is 9.70. The topological polar surface area (TPSA) is 72.8 Å². The predicted molar refractivity (Wildman–Crippen MR) is 119 cm³/mol. The molecule has 0 saturated carbocycles. The van der Waals surface area contributed by atoms with Crippen molar-refractivity contribution in [1.29, 1.82) is 0 Å². The number of anilines is 1. The molecule has 1 N–H and O–H groups in total. The van der Waals surface area contributed by atoms with E-state index in [0.29, 0.717) is 29.1 Å². The fourth-order valence-electron chi connectivity index (χ4n) is 3.28. The Bertz CT molecular complexity index is 1110. The molecular weight excluding hydrogens is 382 g/mol. The molecule has 0 radical (unpaired) electrons. The Hall–Kier alpha value is -3.32. The van der Waals surface area contributed by atoms with Crippen molar-refractivity contribution in [2.24, 2.45) is 0 Å². The highest BCUT2D eigenvalue weighted by Gasteiger charge is 2.12. The van der Waals surface area contributed by atoms with E-state index < -0.39 is 0 Å². The standard InChI is InChI=1S/C23H27N3O4/c1-25(2)12-13-26-11-10-17-18(23(26)28)6-5-7-19(17)24-22(27)15-16-8-9-20(29-3)21(14-16)30-4/h5-11,14H,12-13,15H2,1-4H3,(H,24,27). The van der Waals surface area contributed by atoms with Crippen LogP contribution in [0.15, 0.2) is 53.5 Å². The average molecular weight is 409 g/mol. The van der Waals surface area contributed by atoms with Gasteiger partial charge in [0, 0.05) is 35.7 Å². The van der Waals surface area contributed by atoms with E-state index in [9.17, 15) is 9.59 Å². The third kappa shape index (κ3) is 4.80. The molecule has 1 amide bonds. The molecule has 0 unspecified atom stereocenters. The zero-order valence-electron chi connectivity index (χ0n) is 17.8. The van der Waals surface area contributed by atoms with Gasteiger partial charge in [0.25, 0.3) is 5.56 Å². The van der Waals surface area contributed by atoms with Crippen LogP contribution in [0.5, 0.6) is 11.5 Å². The van der Waals surface area contributed by atoms with Crippen molar-refractivity contribution in [3.8, 4) is 11.5 Å². The number of carbonyl (C=O) groups is 1. The van der Waals surface area contributed by atoms with Crippen LogP contribution in [-0.4, -0.2) is 50.2 Å². The van der Waals surface area contributed by atoms with Crippen molar-refractivity contribution in [2.75, 3.05) is 40.2 Å². The normalized spacial score (nSPS) is 11.0. The number of methoxy groups -OCH3 is 2. The SMILES string of the molecule is COc1ccc(CC(=O)Nc2cccc3c(=O)n(CCN(C)C)ccc23)cc1OC. The highest BCUT2D eigenvalue weighted by atomic mass is 16.5. The van der Waals surface area contributed by atoms with Gasteiger partial charge < -0.3 is 24.3 Å². The molecule has 0 atom stereocenters. The molecule has 2 aromatic carbocycles. The van der Waals surface area contributed by atoms with Crippen molar-refractivity contribution in [3.63, 3.8) is 0 Å². The maximum atomic E-state index is 12.8. The number of likely N-dealkylation sites (N-methyl/N-ethyl adjacent to an activating group) is 1. The second-order valence-electron chi connectivity index (χ2n) is 7.30. The van der Waals surface area contributed by atoms with Gasteiger partial charge in [-0.15, -0.1) is 0 Å². The first-order valence-corrected chi connectivity index (χ1v) is 9.70. The summed E-state index contributed by atoms with van der Waals surface area (Å²) in [5.41, 5.74) is 1.36. The number of rotatable bonds is 8. The van der Waals surface area contributed by atoms with E-state index in [1.807, 2.05) is 31.1 Å². The van der Waals surface area contributed by atoms with E-state index in [0.717, 1.165) is 17.5 Å². The summed E-state index contributed by atoms with van der Waals surface area (Å²) in [6.45, 7) is 1.38. The summed E-state index contributed by atoms with van der Waals surface area (Å²) in [6, 6.07) is 12.6. The molecule has 0 spiro atoms. The number of hydrogen-bond acceptors (Lipinski definition) is 5. The van der Waals surface area contributed by atoms with Crippen LogP contribution in [0.1, 0.15) is 5.56 Å². The number of fused-ring (bicyclic) bond motifs is 1. The van der Waals surface area contributed by atoms with Crippen LogP contribution in [0.4, 0.5) is 5.69 Å². The molecule has 0 aliphatic carbocycles. The molecule has 7 heteroatoms. The van der Waals surface area contributed by atoms with Crippen LogP contribution in [0.3, 0.4) is 0 Å². The summed E-state index contributed by atoms with van der Waals surface area (Å²) >= 11 is 0. The number of amides is 1. The third-order valence-corrected chi connectivity index (χ3v) is 4.89. The van der Waals surface area contributed by atoms with Crippen molar-refractivity contribution in [1.82, 2.24) is 9.47 Å². The van der Waals surface area contributed by atoms with Crippen LogP contribution < -0.4 is 20.3 Å². The molecular formula is C23H27N3O4. The smallest absolute Gasteiger partial charge is 0.258 e. The lowest BCUT2D eigenvalue weighted by molar-refractivity contribution is -0.115. The summed E-state index contributed by atoms with van der Waals surface area (Å²) in [7, 11) is 7.07. The van der Waals surface area contributed by atoms with Crippen molar-refractivity contribution in [2.45, 2.75) is 13.0 Å². The monoisotopic (exact) mass is 409 g/mol. The van der Waals surface area contributed by atoms with Gasteiger partial charge in [-0.05, 0) is 50.0 Å². The third-order valence-electron chi connectivity index (χ3n) is 4.89. The summed E-state index contributed by atoms with van der Waals surface area (Å²) < 4.78 is 12.2. The maximum absolute atomic E-state index is 12.8. The summed E-state index contributed by atoms with van der Waals surface area (Å²) in [6.07, 6.45) is 1.95. The number of nitrogens with one attached hydrogen (secondary N) is 1. The molecule has 0 aliphatic heterocycles. The van der Waals surface area contributed by atoms with Gasteiger partial charge >= 0.3 is 0 Å². The Labute approximate surface area is 175 Å². The predicted octanol–water partition coefficient (Wildman–Crippen LogP) is 2.76. The van der Waals surface area contributed by atoms with Crippen LogP contribution in [0, 0.1) is 0 Å². The lowest BCUT2D eigenvalue weighted by Gasteiger charge is -2.14. The zero-order chi connectivity index (χ0) is 21.7. The minimum absolute atomic E-state index is 0.0645. The zero-order valence-corrected chi connectivity index (χ0v) is 17.8. The molecule has 0 bridgehead atoms.